The minimum Gasteiger partial charge on any atom is -0.466 e. The SMILES string of the molecule is CCOC(=O)CCN1CCC2(CC1)CC(c1ccc(C=NN)cc1)=NO2. The summed E-state index contributed by atoms with van der Waals surface area (Å²) in [4.78, 5) is 19.7. The van der Waals surface area contributed by atoms with Crippen molar-refractivity contribution in [2.45, 2.75) is 38.2 Å². The minimum absolute atomic E-state index is 0.126. The van der Waals surface area contributed by atoms with Gasteiger partial charge in [0.1, 0.15) is 5.60 Å². The van der Waals surface area contributed by atoms with E-state index in [1.807, 2.05) is 31.2 Å². The predicted molar refractivity (Wildman–Crippen MR) is 100 cm³/mol. The van der Waals surface area contributed by atoms with Gasteiger partial charge < -0.3 is 20.3 Å². The van der Waals surface area contributed by atoms with Crippen molar-refractivity contribution in [3.8, 4) is 0 Å². The van der Waals surface area contributed by atoms with Gasteiger partial charge in [0.05, 0.1) is 25.0 Å². The number of hydrazone groups is 1. The molecular weight excluding hydrogens is 332 g/mol. The van der Waals surface area contributed by atoms with E-state index in [0.717, 1.165) is 55.7 Å². The van der Waals surface area contributed by atoms with E-state index in [9.17, 15) is 4.79 Å². The molecule has 0 unspecified atom stereocenters. The first-order valence-corrected chi connectivity index (χ1v) is 9.11. The Hall–Kier alpha value is -2.41. The van der Waals surface area contributed by atoms with Crippen molar-refractivity contribution in [1.29, 1.82) is 0 Å². The van der Waals surface area contributed by atoms with Crippen LogP contribution < -0.4 is 5.84 Å². The standard InChI is InChI=1S/C19H26N4O3/c1-2-25-18(24)7-10-23-11-8-19(9-12-23)13-17(22-26-19)16-5-3-15(4-6-16)14-21-20/h3-6,14H,2,7-13,20H2,1H3. The molecule has 0 radical (unpaired) electrons. The first kappa shape index (κ1) is 18.4. The fourth-order valence-corrected chi connectivity index (χ4v) is 3.46. The van der Waals surface area contributed by atoms with Gasteiger partial charge in [-0.2, -0.15) is 5.10 Å². The smallest absolute Gasteiger partial charge is 0.307 e. The fraction of sp³-hybridized carbons (Fsp3) is 0.526. The molecule has 1 aromatic rings. The lowest BCUT2D eigenvalue weighted by Crippen LogP contribution is -2.45. The molecule has 1 saturated heterocycles. The highest BCUT2D eigenvalue weighted by Gasteiger charge is 2.42. The highest BCUT2D eigenvalue weighted by Crippen LogP contribution is 2.36. The van der Waals surface area contributed by atoms with Gasteiger partial charge in [-0.25, -0.2) is 0 Å². The van der Waals surface area contributed by atoms with Crippen LogP contribution in [-0.2, 0) is 14.4 Å². The van der Waals surface area contributed by atoms with Crippen molar-refractivity contribution in [2.75, 3.05) is 26.2 Å². The summed E-state index contributed by atoms with van der Waals surface area (Å²) < 4.78 is 4.99. The Bertz CT molecular complexity index is 677. The van der Waals surface area contributed by atoms with Crippen LogP contribution in [0.4, 0.5) is 0 Å². The fourth-order valence-electron chi connectivity index (χ4n) is 3.46. The molecule has 2 heterocycles. The number of nitrogens with zero attached hydrogens (tertiary/aromatic N) is 3. The van der Waals surface area contributed by atoms with E-state index >= 15 is 0 Å². The molecule has 7 heteroatoms. The van der Waals surface area contributed by atoms with Crippen LogP contribution in [0.15, 0.2) is 34.5 Å². The molecule has 2 aliphatic heterocycles. The third-order valence-corrected chi connectivity index (χ3v) is 5.01. The normalized spacial score (nSPS) is 19.5. The summed E-state index contributed by atoms with van der Waals surface area (Å²) in [5, 5.41) is 7.88. The van der Waals surface area contributed by atoms with Gasteiger partial charge in [-0.05, 0) is 18.1 Å². The van der Waals surface area contributed by atoms with E-state index in [1.165, 1.54) is 0 Å². The van der Waals surface area contributed by atoms with E-state index in [-0.39, 0.29) is 11.6 Å². The van der Waals surface area contributed by atoms with E-state index in [1.54, 1.807) is 6.21 Å². The number of carbonyl (C=O) groups excluding carboxylic acids is 1. The lowest BCUT2D eigenvalue weighted by Gasteiger charge is -2.37. The van der Waals surface area contributed by atoms with Crippen molar-refractivity contribution < 1.29 is 14.4 Å². The number of ether oxygens (including phenoxy) is 1. The van der Waals surface area contributed by atoms with Crippen LogP contribution >= 0.6 is 0 Å². The number of hydrogen-bond acceptors (Lipinski definition) is 7. The summed E-state index contributed by atoms with van der Waals surface area (Å²) in [6, 6.07) is 7.98. The van der Waals surface area contributed by atoms with E-state index in [2.05, 4.69) is 15.2 Å². The number of piperidine rings is 1. The van der Waals surface area contributed by atoms with Crippen molar-refractivity contribution in [3.63, 3.8) is 0 Å². The highest BCUT2D eigenvalue weighted by molar-refractivity contribution is 6.02. The van der Waals surface area contributed by atoms with E-state index in [0.29, 0.717) is 13.0 Å². The Balaban J connectivity index is 1.50. The van der Waals surface area contributed by atoms with Gasteiger partial charge >= 0.3 is 5.97 Å². The Morgan fingerprint density at radius 1 is 1.38 bits per heavy atom. The molecule has 7 nitrogen and oxygen atoms in total. The van der Waals surface area contributed by atoms with Crippen LogP contribution in [0, 0.1) is 0 Å². The second kappa shape index (κ2) is 8.31. The van der Waals surface area contributed by atoms with Gasteiger partial charge in [-0.3, -0.25) is 4.79 Å². The first-order chi connectivity index (χ1) is 12.6. The topological polar surface area (TPSA) is 89.5 Å². The van der Waals surface area contributed by atoms with Crippen LogP contribution in [0.1, 0.15) is 43.7 Å². The zero-order chi connectivity index (χ0) is 18.4. The number of nitrogens with two attached hydrogens (primary N) is 1. The molecule has 1 fully saturated rings. The average molecular weight is 358 g/mol. The molecule has 0 bridgehead atoms. The Morgan fingerprint density at radius 2 is 2.12 bits per heavy atom. The summed E-state index contributed by atoms with van der Waals surface area (Å²) in [7, 11) is 0. The Morgan fingerprint density at radius 3 is 2.77 bits per heavy atom. The Kier molecular flexibility index (Phi) is 5.88. The maximum absolute atomic E-state index is 11.5. The lowest BCUT2D eigenvalue weighted by molar-refractivity contribution is -0.143. The zero-order valence-corrected chi connectivity index (χ0v) is 15.2. The first-order valence-electron chi connectivity index (χ1n) is 9.11. The minimum atomic E-state index is -0.201. The van der Waals surface area contributed by atoms with Gasteiger partial charge in [0.15, 0.2) is 0 Å². The van der Waals surface area contributed by atoms with E-state index in [4.69, 9.17) is 15.4 Å². The Labute approximate surface area is 153 Å². The molecule has 26 heavy (non-hydrogen) atoms. The second-order valence-corrected chi connectivity index (χ2v) is 6.79. The molecule has 3 rings (SSSR count). The summed E-state index contributed by atoms with van der Waals surface area (Å²) in [6.45, 7) is 4.84. The molecule has 0 amide bonds. The molecular formula is C19H26N4O3. The van der Waals surface area contributed by atoms with Crippen LogP contribution in [0.5, 0.6) is 0 Å². The summed E-state index contributed by atoms with van der Waals surface area (Å²) in [5.74, 6) is 5.05. The predicted octanol–water partition coefficient (Wildman–Crippen LogP) is 1.89. The number of oxime groups is 1. The molecule has 2 aliphatic rings. The molecule has 140 valence electrons. The number of benzene rings is 1. The number of esters is 1. The third-order valence-electron chi connectivity index (χ3n) is 5.01. The molecule has 0 aromatic heterocycles. The monoisotopic (exact) mass is 358 g/mol. The molecule has 0 saturated carbocycles. The molecule has 2 N–H and O–H groups in total. The van der Waals surface area contributed by atoms with Crippen LogP contribution in [0.3, 0.4) is 0 Å². The molecule has 0 atom stereocenters. The lowest BCUT2D eigenvalue weighted by atomic mass is 9.85. The van der Waals surface area contributed by atoms with Gasteiger partial charge in [0.25, 0.3) is 0 Å². The second-order valence-electron chi connectivity index (χ2n) is 6.79. The number of rotatable bonds is 6. The van der Waals surface area contributed by atoms with Gasteiger partial charge in [0.2, 0.25) is 0 Å². The van der Waals surface area contributed by atoms with Crippen molar-refractivity contribution >= 4 is 17.9 Å². The van der Waals surface area contributed by atoms with Crippen molar-refractivity contribution in [1.82, 2.24) is 4.90 Å². The quantitative estimate of drug-likeness (QED) is 0.363. The molecule has 0 aliphatic carbocycles. The number of hydrogen-bond donors (Lipinski definition) is 1. The average Bonchev–Trinajstić information content (AvgIpc) is 3.06. The van der Waals surface area contributed by atoms with Gasteiger partial charge in [-0.1, -0.05) is 29.4 Å². The van der Waals surface area contributed by atoms with Gasteiger partial charge in [-0.15, -0.1) is 0 Å². The van der Waals surface area contributed by atoms with Crippen LogP contribution in [0.2, 0.25) is 0 Å². The highest BCUT2D eigenvalue weighted by atomic mass is 16.7. The number of carbonyl (C=O) groups is 1. The third kappa shape index (κ3) is 4.40. The summed E-state index contributed by atoms with van der Waals surface area (Å²) in [5.41, 5.74) is 2.81. The van der Waals surface area contributed by atoms with Gasteiger partial charge in [0, 0.05) is 38.9 Å². The van der Waals surface area contributed by atoms with Crippen molar-refractivity contribution in [3.05, 3.63) is 35.4 Å². The van der Waals surface area contributed by atoms with Crippen molar-refractivity contribution in [2.24, 2.45) is 16.1 Å². The summed E-state index contributed by atoms with van der Waals surface area (Å²) in [6.07, 6.45) is 4.72. The maximum Gasteiger partial charge on any atom is 0.307 e. The largest absolute Gasteiger partial charge is 0.466 e. The number of likely N-dealkylation sites (tertiary alicyclic amines) is 1. The zero-order valence-electron chi connectivity index (χ0n) is 15.2. The summed E-state index contributed by atoms with van der Waals surface area (Å²) >= 11 is 0. The molecule has 1 spiro atoms. The molecule has 1 aromatic carbocycles. The van der Waals surface area contributed by atoms with Crippen LogP contribution in [0.25, 0.3) is 0 Å². The van der Waals surface area contributed by atoms with Crippen LogP contribution in [-0.4, -0.2) is 54.6 Å². The van der Waals surface area contributed by atoms with E-state index < -0.39 is 0 Å². The maximum atomic E-state index is 11.5.